The zero-order valence-electron chi connectivity index (χ0n) is 22.3. The summed E-state index contributed by atoms with van der Waals surface area (Å²) in [7, 11) is 0. The number of aryl methyl sites for hydroxylation is 1. The van der Waals surface area contributed by atoms with Gasteiger partial charge in [-0.25, -0.2) is 4.68 Å². The molecule has 1 amide bonds. The normalized spacial score (nSPS) is 14.5. The molecular weight excluding hydrogens is 574 g/mol. The highest BCUT2D eigenvalue weighted by atomic mass is 79.9. The van der Waals surface area contributed by atoms with Crippen molar-refractivity contribution in [1.82, 2.24) is 14.8 Å². The molecule has 0 radical (unpaired) electrons. The highest BCUT2D eigenvalue weighted by Crippen LogP contribution is 2.37. The van der Waals surface area contributed by atoms with Gasteiger partial charge in [-0.2, -0.15) is 4.98 Å². The number of rotatable bonds is 8. The van der Waals surface area contributed by atoms with Crippen LogP contribution in [-0.4, -0.2) is 26.4 Å². The molecule has 1 aromatic heterocycles. The number of nitrogens with zero attached hydrogens (tertiary/aromatic N) is 3. The smallest absolute Gasteiger partial charge is 0.255 e. The van der Waals surface area contributed by atoms with Gasteiger partial charge >= 0.3 is 0 Å². The quantitative estimate of drug-likeness (QED) is 0.206. The van der Waals surface area contributed by atoms with Gasteiger partial charge in [0.15, 0.2) is 0 Å². The largest absolute Gasteiger partial charge is 0.489 e. The van der Waals surface area contributed by atoms with Gasteiger partial charge in [0, 0.05) is 15.9 Å². The third-order valence-corrected chi connectivity index (χ3v) is 7.97. The van der Waals surface area contributed by atoms with E-state index in [-0.39, 0.29) is 5.91 Å². The first-order valence-electron chi connectivity index (χ1n) is 12.8. The molecule has 1 atom stereocenters. The van der Waals surface area contributed by atoms with Crippen LogP contribution in [0.1, 0.15) is 42.1 Å². The summed E-state index contributed by atoms with van der Waals surface area (Å²) in [6, 6.07) is 21.4. The molecule has 2 N–H and O–H groups in total. The molecule has 1 aliphatic rings. The lowest BCUT2D eigenvalue weighted by molar-refractivity contribution is -0.113. The van der Waals surface area contributed by atoms with E-state index in [2.05, 4.69) is 38.5 Å². The van der Waals surface area contributed by atoms with Crippen molar-refractivity contribution >= 4 is 45.2 Å². The Hall–Kier alpha value is -3.56. The zero-order chi connectivity index (χ0) is 27.5. The maximum absolute atomic E-state index is 13.8. The number of amides is 1. The number of carbonyl (C=O) groups is 1. The number of thioether (sulfide) groups is 1. The molecule has 5 rings (SSSR count). The van der Waals surface area contributed by atoms with Crippen LogP contribution in [0, 0.1) is 13.8 Å². The minimum atomic E-state index is -0.453. The summed E-state index contributed by atoms with van der Waals surface area (Å²) in [5, 5.41) is 11.9. The molecule has 1 unspecified atom stereocenters. The molecule has 2 heterocycles. The maximum atomic E-state index is 13.8. The number of halogens is 1. The summed E-state index contributed by atoms with van der Waals surface area (Å²) >= 11 is 5.03. The number of allylic oxidation sites excluding steroid dienone is 1. The summed E-state index contributed by atoms with van der Waals surface area (Å²) in [6.07, 6.45) is 0. The number of carbonyl (C=O) groups excluding carboxylic acids is 1. The van der Waals surface area contributed by atoms with Crippen molar-refractivity contribution in [2.75, 3.05) is 16.4 Å². The van der Waals surface area contributed by atoms with E-state index in [1.807, 2.05) is 87.5 Å². The second kappa shape index (κ2) is 11.7. The topological polar surface area (TPSA) is 81.1 Å². The van der Waals surface area contributed by atoms with Crippen LogP contribution < -0.4 is 15.4 Å². The van der Waals surface area contributed by atoms with Crippen LogP contribution >= 0.6 is 27.7 Å². The van der Waals surface area contributed by atoms with Gasteiger partial charge in [0.1, 0.15) is 18.4 Å². The molecule has 39 heavy (non-hydrogen) atoms. The summed E-state index contributed by atoms with van der Waals surface area (Å²) < 4.78 is 8.86. The van der Waals surface area contributed by atoms with Gasteiger partial charge < -0.3 is 15.4 Å². The SMILES string of the molecule is CCSc1nc2n(n1)C(c1ccc(OCc3ccc(Br)cc3)cc1)C(C(=O)Nc1cccc(C)c1C)=C(C)N2. The summed E-state index contributed by atoms with van der Waals surface area (Å²) in [4.78, 5) is 18.5. The van der Waals surface area contributed by atoms with Crippen LogP contribution in [0.4, 0.5) is 11.6 Å². The van der Waals surface area contributed by atoms with Crippen molar-refractivity contribution in [3.8, 4) is 5.75 Å². The van der Waals surface area contributed by atoms with Crippen LogP contribution in [0.5, 0.6) is 5.75 Å². The lowest BCUT2D eigenvalue weighted by Gasteiger charge is -2.29. The van der Waals surface area contributed by atoms with Crippen molar-refractivity contribution in [3.05, 3.63) is 105 Å². The Morgan fingerprint density at radius 2 is 1.82 bits per heavy atom. The molecule has 1 aliphatic heterocycles. The van der Waals surface area contributed by atoms with Gasteiger partial charge in [-0.3, -0.25) is 4.79 Å². The van der Waals surface area contributed by atoms with E-state index in [1.54, 1.807) is 16.4 Å². The summed E-state index contributed by atoms with van der Waals surface area (Å²) in [5.41, 5.74) is 6.28. The van der Waals surface area contributed by atoms with E-state index in [0.717, 1.165) is 49.6 Å². The van der Waals surface area contributed by atoms with Crippen LogP contribution in [0.2, 0.25) is 0 Å². The first-order chi connectivity index (χ1) is 18.8. The van der Waals surface area contributed by atoms with E-state index < -0.39 is 6.04 Å². The van der Waals surface area contributed by atoms with Crippen molar-refractivity contribution in [2.24, 2.45) is 0 Å². The second-order valence-electron chi connectivity index (χ2n) is 9.35. The van der Waals surface area contributed by atoms with Crippen molar-refractivity contribution in [2.45, 2.75) is 45.5 Å². The lowest BCUT2D eigenvalue weighted by Crippen LogP contribution is -2.31. The Kier molecular flexibility index (Phi) is 8.09. The minimum Gasteiger partial charge on any atom is -0.489 e. The highest BCUT2D eigenvalue weighted by molar-refractivity contribution is 9.10. The van der Waals surface area contributed by atoms with Crippen molar-refractivity contribution < 1.29 is 9.53 Å². The first kappa shape index (κ1) is 27.0. The lowest BCUT2D eigenvalue weighted by atomic mass is 9.94. The fourth-order valence-corrected chi connectivity index (χ4v) is 5.31. The predicted octanol–water partition coefficient (Wildman–Crippen LogP) is 7.28. The average molecular weight is 605 g/mol. The van der Waals surface area contributed by atoms with E-state index >= 15 is 0 Å². The van der Waals surface area contributed by atoms with Crippen LogP contribution in [-0.2, 0) is 11.4 Å². The van der Waals surface area contributed by atoms with E-state index in [9.17, 15) is 4.79 Å². The average Bonchev–Trinajstić information content (AvgIpc) is 3.32. The Morgan fingerprint density at radius 1 is 1.08 bits per heavy atom. The molecular formula is C30H30BrN5O2S. The van der Waals surface area contributed by atoms with E-state index in [0.29, 0.717) is 23.3 Å². The maximum Gasteiger partial charge on any atom is 0.255 e. The number of anilines is 2. The number of benzene rings is 3. The molecule has 0 aliphatic carbocycles. The minimum absolute atomic E-state index is 0.180. The molecule has 0 saturated carbocycles. The van der Waals surface area contributed by atoms with Gasteiger partial charge in [0.25, 0.3) is 5.91 Å². The molecule has 3 aromatic carbocycles. The Balaban J connectivity index is 1.46. The van der Waals surface area contributed by atoms with Crippen LogP contribution in [0.25, 0.3) is 0 Å². The second-order valence-corrected chi connectivity index (χ2v) is 11.5. The van der Waals surface area contributed by atoms with Gasteiger partial charge in [0.2, 0.25) is 11.1 Å². The fraction of sp³-hybridized carbons (Fsp3) is 0.233. The van der Waals surface area contributed by atoms with Gasteiger partial charge in [-0.1, -0.05) is 71.0 Å². The molecule has 0 spiro atoms. The zero-order valence-corrected chi connectivity index (χ0v) is 24.7. The number of aromatic nitrogens is 3. The number of fused-ring (bicyclic) bond motifs is 1. The van der Waals surface area contributed by atoms with Crippen LogP contribution in [0.3, 0.4) is 0 Å². The molecule has 0 bridgehead atoms. The molecule has 200 valence electrons. The first-order valence-corrected chi connectivity index (χ1v) is 14.5. The molecule has 0 saturated heterocycles. The number of nitrogens with one attached hydrogen (secondary N) is 2. The Morgan fingerprint density at radius 3 is 2.54 bits per heavy atom. The van der Waals surface area contributed by atoms with Gasteiger partial charge in [0.05, 0.1) is 5.57 Å². The number of hydrogen-bond acceptors (Lipinski definition) is 6. The summed E-state index contributed by atoms with van der Waals surface area (Å²) in [6.45, 7) is 8.49. The molecule has 7 nitrogen and oxygen atoms in total. The standard InChI is InChI=1S/C30H30BrN5O2S/c1-5-39-30-34-29-32-20(4)26(28(37)33-25-8-6-7-18(2)19(25)3)27(36(29)35-30)22-11-15-24(16-12-22)38-17-21-9-13-23(31)14-10-21/h6-16,27H,5,17H2,1-4H3,(H,33,37)(H,32,34,35). The van der Waals surface area contributed by atoms with Crippen molar-refractivity contribution in [1.29, 1.82) is 0 Å². The third-order valence-electron chi connectivity index (χ3n) is 6.72. The predicted molar refractivity (Wildman–Crippen MR) is 160 cm³/mol. The third kappa shape index (κ3) is 5.89. The number of hydrogen-bond donors (Lipinski definition) is 2. The molecule has 4 aromatic rings. The molecule has 0 fully saturated rings. The van der Waals surface area contributed by atoms with E-state index in [1.165, 1.54) is 0 Å². The molecule has 9 heteroatoms. The van der Waals surface area contributed by atoms with Gasteiger partial charge in [-0.05, 0) is 79.1 Å². The fourth-order valence-electron chi connectivity index (χ4n) is 4.49. The Bertz CT molecular complexity index is 1530. The monoisotopic (exact) mass is 603 g/mol. The van der Waals surface area contributed by atoms with Gasteiger partial charge in [-0.15, -0.1) is 5.10 Å². The van der Waals surface area contributed by atoms with E-state index in [4.69, 9.17) is 9.84 Å². The Labute approximate surface area is 241 Å². The highest BCUT2D eigenvalue weighted by Gasteiger charge is 2.34. The van der Waals surface area contributed by atoms with Crippen LogP contribution in [0.15, 0.2) is 87.6 Å². The van der Waals surface area contributed by atoms with Crippen molar-refractivity contribution in [3.63, 3.8) is 0 Å². The number of ether oxygens (including phenoxy) is 1. The summed E-state index contributed by atoms with van der Waals surface area (Å²) in [5.74, 6) is 2.04.